The molecule has 0 fully saturated rings. The molecule has 0 atom stereocenters. The maximum absolute atomic E-state index is 9.40. The van der Waals surface area contributed by atoms with Crippen LogP contribution in [0.15, 0.2) is 47.6 Å². The van der Waals surface area contributed by atoms with Gasteiger partial charge >= 0.3 is 0 Å². The maximum atomic E-state index is 9.40. The van der Waals surface area contributed by atoms with Crippen LogP contribution in [0.25, 0.3) is 0 Å². The second-order valence-electron chi connectivity index (χ2n) is 4.42. The lowest BCUT2D eigenvalue weighted by molar-refractivity contribution is 0.303. The molecule has 0 aliphatic rings. The Hall–Kier alpha value is -2.69. The number of aromatic hydroxyl groups is 1. The highest BCUT2D eigenvalue weighted by atomic mass is 16.5. The monoisotopic (exact) mass is 272 g/mol. The Morgan fingerprint density at radius 2 is 2.05 bits per heavy atom. The van der Waals surface area contributed by atoms with Gasteiger partial charge in [0.25, 0.3) is 0 Å². The van der Waals surface area contributed by atoms with Gasteiger partial charge in [0.05, 0.1) is 0 Å². The fourth-order valence-corrected chi connectivity index (χ4v) is 1.78. The van der Waals surface area contributed by atoms with Crippen molar-refractivity contribution >= 4 is 5.84 Å². The van der Waals surface area contributed by atoms with Crippen LogP contribution in [0.3, 0.4) is 0 Å². The van der Waals surface area contributed by atoms with Crippen molar-refractivity contribution in [2.45, 2.75) is 13.5 Å². The third-order valence-electron chi connectivity index (χ3n) is 2.90. The first-order valence-corrected chi connectivity index (χ1v) is 6.09. The molecule has 0 unspecified atom stereocenters. The molecule has 0 amide bonds. The van der Waals surface area contributed by atoms with E-state index in [4.69, 9.17) is 15.7 Å². The third kappa shape index (κ3) is 3.20. The normalized spacial score (nSPS) is 11.3. The van der Waals surface area contributed by atoms with Crippen LogP contribution in [0.1, 0.15) is 16.7 Å². The van der Waals surface area contributed by atoms with Crippen LogP contribution in [0, 0.1) is 6.92 Å². The van der Waals surface area contributed by atoms with E-state index in [1.54, 1.807) is 30.3 Å². The number of aryl methyl sites for hydroxylation is 1. The summed E-state index contributed by atoms with van der Waals surface area (Å²) in [4.78, 5) is 0. The third-order valence-corrected chi connectivity index (χ3v) is 2.90. The Balaban J connectivity index is 2.16. The molecule has 0 saturated carbocycles. The zero-order valence-corrected chi connectivity index (χ0v) is 11.1. The van der Waals surface area contributed by atoms with Crippen molar-refractivity contribution in [1.29, 1.82) is 0 Å². The Morgan fingerprint density at radius 3 is 2.75 bits per heavy atom. The van der Waals surface area contributed by atoms with Gasteiger partial charge in [-0.3, -0.25) is 0 Å². The van der Waals surface area contributed by atoms with E-state index in [-0.39, 0.29) is 11.6 Å². The van der Waals surface area contributed by atoms with Gasteiger partial charge in [-0.1, -0.05) is 29.4 Å². The molecular formula is C15H16N2O3. The molecule has 0 aliphatic heterocycles. The van der Waals surface area contributed by atoms with E-state index in [2.05, 4.69) is 5.16 Å². The van der Waals surface area contributed by atoms with E-state index in [0.29, 0.717) is 17.9 Å². The summed E-state index contributed by atoms with van der Waals surface area (Å²) < 4.78 is 5.71. The van der Waals surface area contributed by atoms with Gasteiger partial charge in [-0.05, 0) is 36.2 Å². The highest BCUT2D eigenvalue weighted by Crippen LogP contribution is 2.21. The van der Waals surface area contributed by atoms with Crippen molar-refractivity contribution in [3.8, 4) is 11.5 Å². The topological polar surface area (TPSA) is 88.1 Å². The zero-order chi connectivity index (χ0) is 14.5. The lowest BCUT2D eigenvalue weighted by atomic mass is 10.1. The summed E-state index contributed by atoms with van der Waals surface area (Å²) in [6, 6.07) is 12.2. The summed E-state index contributed by atoms with van der Waals surface area (Å²) in [5.41, 5.74) is 7.94. The molecule has 0 saturated heterocycles. The van der Waals surface area contributed by atoms with Gasteiger partial charge in [0.1, 0.15) is 18.1 Å². The van der Waals surface area contributed by atoms with Crippen LogP contribution in [0.4, 0.5) is 0 Å². The average Bonchev–Trinajstić information content (AvgIpc) is 2.45. The molecule has 2 aromatic carbocycles. The second kappa shape index (κ2) is 5.97. The smallest absolute Gasteiger partial charge is 0.170 e. The predicted molar refractivity (Wildman–Crippen MR) is 76.1 cm³/mol. The molecule has 0 radical (unpaired) electrons. The van der Waals surface area contributed by atoms with Crippen LogP contribution in [-0.4, -0.2) is 16.1 Å². The molecule has 0 bridgehead atoms. The lowest BCUT2D eigenvalue weighted by Crippen LogP contribution is -2.13. The van der Waals surface area contributed by atoms with Gasteiger partial charge in [0.2, 0.25) is 0 Å². The summed E-state index contributed by atoms with van der Waals surface area (Å²) in [5.74, 6) is 0.887. The van der Waals surface area contributed by atoms with Gasteiger partial charge in [-0.25, -0.2) is 0 Å². The van der Waals surface area contributed by atoms with Crippen molar-refractivity contribution in [3.63, 3.8) is 0 Å². The minimum Gasteiger partial charge on any atom is -0.508 e. The molecule has 0 heterocycles. The molecule has 0 aliphatic carbocycles. The molecule has 2 rings (SSSR count). The van der Waals surface area contributed by atoms with Gasteiger partial charge in [-0.15, -0.1) is 0 Å². The number of phenols is 1. The SMILES string of the molecule is Cc1ccc(/C(N)=N/O)cc1OCc1cccc(O)c1. The van der Waals surface area contributed by atoms with Crippen LogP contribution in [-0.2, 0) is 6.61 Å². The Labute approximate surface area is 116 Å². The standard InChI is InChI=1S/C15H16N2O3/c1-10-5-6-12(15(16)17-19)8-14(10)20-9-11-3-2-4-13(18)7-11/h2-8,18-19H,9H2,1H3,(H2,16,17). The highest BCUT2D eigenvalue weighted by Gasteiger charge is 2.05. The minimum atomic E-state index is 0.0344. The molecular weight excluding hydrogens is 256 g/mol. The Bertz CT molecular complexity index is 639. The van der Waals surface area contributed by atoms with E-state index >= 15 is 0 Å². The predicted octanol–water partition coefficient (Wildman–Crippen LogP) is 2.37. The number of nitrogens with two attached hydrogens (primary N) is 1. The minimum absolute atomic E-state index is 0.0344. The number of ether oxygens (including phenoxy) is 1. The lowest BCUT2D eigenvalue weighted by Gasteiger charge is -2.11. The number of nitrogens with zero attached hydrogens (tertiary/aromatic N) is 1. The van der Waals surface area contributed by atoms with Gasteiger partial charge in [0, 0.05) is 5.56 Å². The molecule has 5 heteroatoms. The van der Waals surface area contributed by atoms with Crippen LogP contribution < -0.4 is 10.5 Å². The quantitative estimate of drug-likeness (QED) is 0.345. The second-order valence-corrected chi connectivity index (χ2v) is 4.42. The number of phenolic OH excluding ortho intramolecular Hbond substituents is 1. The summed E-state index contributed by atoms with van der Waals surface area (Å²) in [6.45, 7) is 2.24. The molecule has 4 N–H and O–H groups in total. The number of hydrogen-bond acceptors (Lipinski definition) is 4. The van der Waals surface area contributed by atoms with Crippen molar-refractivity contribution in [3.05, 3.63) is 59.2 Å². The van der Waals surface area contributed by atoms with Crippen LogP contribution in [0.5, 0.6) is 11.5 Å². The Kier molecular flexibility index (Phi) is 4.10. The van der Waals surface area contributed by atoms with E-state index < -0.39 is 0 Å². The maximum Gasteiger partial charge on any atom is 0.170 e. The molecule has 20 heavy (non-hydrogen) atoms. The van der Waals surface area contributed by atoms with E-state index in [1.165, 1.54) is 0 Å². The number of amidine groups is 1. The van der Waals surface area contributed by atoms with Gasteiger partial charge < -0.3 is 20.8 Å². The largest absolute Gasteiger partial charge is 0.508 e. The van der Waals surface area contributed by atoms with Crippen molar-refractivity contribution in [2.24, 2.45) is 10.9 Å². The van der Waals surface area contributed by atoms with E-state index in [9.17, 15) is 5.11 Å². The van der Waals surface area contributed by atoms with E-state index in [1.807, 2.05) is 19.1 Å². The van der Waals surface area contributed by atoms with E-state index in [0.717, 1.165) is 11.1 Å². The van der Waals surface area contributed by atoms with Crippen molar-refractivity contribution in [1.82, 2.24) is 0 Å². The van der Waals surface area contributed by atoms with Crippen molar-refractivity contribution < 1.29 is 15.1 Å². The first-order chi connectivity index (χ1) is 9.60. The fraction of sp³-hybridized carbons (Fsp3) is 0.133. The highest BCUT2D eigenvalue weighted by molar-refractivity contribution is 5.97. The summed E-state index contributed by atoms with van der Waals surface area (Å²) in [7, 11) is 0. The average molecular weight is 272 g/mol. The number of benzene rings is 2. The molecule has 104 valence electrons. The molecule has 2 aromatic rings. The number of oxime groups is 1. The first kappa shape index (κ1) is 13.7. The zero-order valence-electron chi connectivity index (χ0n) is 11.1. The number of hydrogen-bond donors (Lipinski definition) is 3. The van der Waals surface area contributed by atoms with Crippen LogP contribution in [0.2, 0.25) is 0 Å². The first-order valence-electron chi connectivity index (χ1n) is 6.09. The fourth-order valence-electron chi connectivity index (χ4n) is 1.78. The molecule has 5 nitrogen and oxygen atoms in total. The Morgan fingerprint density at radius 1 is 1.25 bits per heavy atom. The van der Waals surface area contributed by atoms with Crippen LogP contribution >= 0.6 is 0 Å². The molecule has 0 spiro atoms. The summed E-state index contributed by atoms with van der Waals surface area (Å²) in [6.07, 6.45) is 0. The molecule has 0 aromatic heterocycles. The summed E-state index contributed by atoms with van der Waals surface area (Å²) in [5, 5.41) is 21.0. The van der Waals surface area contributed by atoms with Gasteiger partial charge in [0.15, 0.2) is 5.84 Å². The van der Waals surface area contributed by atoms with Crippen molar-refractivity contribution in [2.75, 3.05) is 0 Å². The summed E-state index contributed by atoms with van der Waals surface area (Å²) >= 11 is 0. The number of rotatable bonds is 4. The van der Waals surface area contributed by atoms with Gasteiger partial charge in [-0.2, -0.15) is 0 Å².